The first kappa shape index (κ1) is 10.5. The van der Waals surface area contributed by atoms with Crippen molar-refractivity contribution in [2.45, 2.75) is 45.3 Å². The average molecular weight is 206 g/mol. The lowest BCUT2D eigenvalue weighted by molar-refractivity contribution is 0.0614. The smallest absolute Gasteiger partial charge is 0.125 e. The quantitative estimate of drug-likeness (QED) is 0.806. The molecule has 0 saturated heterocycles. The minimum absolute atomic E-state index is 0.181. The Morgan fingerprint density at radius 3 is 3.00 bits per heavy atom. The lowest BCUT2D eigenvalue weighted by Crippen LogP contribution is -2.25. The van der Waals surface area contributed by atoms with Gasteiger partial charge in [0.1, 0.15) is 11.9 Å². The van der Waals surface area contributed by atoms with Crippen molar-refractivity contribution in [2.24, 2.45) is 0 Å². The molecule has 0 saturated carbocycles. The molecule has 0 radical (unpaired) electrons. The van der Waals surface area contributed by atoms with E-state index in [4.69, 9.17) is 4.74 Å². The van der Waals surface area contributed by atoms with E-state index in [1.54, 1.807) is 0 Å². The number of ether oxygens (including phenoxy) is 1. The Labute approximate surface area is 90.9 Å². The highest BCUT2D eigenvalue weighted by molar-refractivity contribution is 5.40. The molecule has 1 aliphatic rings. The maximum atomic E-state index is 10.0. The fourth-order valence-electron chi connectivity index (χ4n) is 2.14. The second-order valence-corrected chi connectivity index (χ2v) is 4.32. The summed E-state index contributed by atoms with van der Waals surface area (Å²) in [4.78, 5) is 0. The van der Waals surface area contributed by atoms with E-state index < -0.39 is 0 Å². The van der Waals surface area contributed by atoms with E-state index >= 15 is 0 Å². The number of benzene rings is 1. The topological polar surface area (TPSA) is 29.5 Å². The monoisotopic (exact) mass is 206 g/mol. The molecular weight excluding hydrogens is 188 g/mol. The number of aliphatic hydroxyl groups is 1. The van der Waals surface area contributed by atoms with E-state index in [0.29, 0.717) is 0 Å². The Balaban J connectivity index is 2.24. The first-order valence-corrected chi connectivity index (χ1v) is 5.66. The summed E-state index contributed by atoms with van der Waals surface area (Å²) in [7, 11) is 0. The third-order valence-electron chi connectivity index (χ3n) is 2.91. The number of rotatable bonds is 2. The lowest BCUT2D eigenvalue weighted by atomic mass is 9.96. The molecule has 2 rings (SSSR count). The highest BCUT2D eigenvalue weighted by Gasteiger charge is 2.25. The van der Waals surface area contributed by atoms with E-state index in [9.17, 15) is 5.11 Å². The van der Waals surface area contributed by atoms with Crippen molar-refractivity contribution < 1.29 is 9.84 Å². The van der Waals surface area contributed by atoms with Crippen LogP contribution in [-0.4, -0.2) is 11.2 Å². The van der Waals surface area contributed by atoms with Crippen molar-refractivity contribution in [2.75, 3.05) is 0 Å². The Kier molecular flexibility index (Phi) is 2.96. The number of hydrogen-bond acceptors (Lipinski definition) is 2. The van der Waals surface area contributed by atoms with Crippen molar-refractivity contribution in [1.29, 1.82) is 0 Å². The predicted molar refractivity (Wildman–Crippen MR) is 60.1 cm³/mol. The number of aryl methyl sites for hydroxylation is 1. The molecule has 1 N–H and O–H groups in total. The van der Waals surface area contributed by atoms with Crippen molar-refractivity contribution in [3.05, 3.63) is 29.3 Å². The summed E-state index contributed by atoms with van der Waals surface area (Å²) < 4.78 is 5.84. The van der Waals surface area contributed by atoms with Gasteiger partial charge in [0.15, 0.2) is 0 Å². The average Bonchev–Trinajstić information content (AvgIpc) is 2.20. The van der Waals surface area contributed by atoms with Crippen LogP contribution < -0.4 is 4.74 Å². The first-order chi connectivity index (χ1) is 7.20. The Hall–Kier alpha value is -1.02. The molecule has 1 unspecified atom stereocenters. The van der Waals surface area contributed by atoms with Gasteiger partial charge in [-0.15, -0.1) is 0 Å². The fraction of sp³-hybridized carbons (Fsp3) is 0.538. The summed E-state index contributed by atoms with van der Waals surface area (Å²) in [6.07, 6.45) is 2.66. The molecule has 1 aliphatic heterocycles. The van der Waals surface area contributed by atoms with E-state index in [0.717, 1.165) is 30.6 Å². The van der Waals surface area contributed by atoms with E-state index in [2.05, 4.69) is 6.92 Å². The van der Waals surface area contributed by atoms with Gasteiger partial charge in [-0.05, 0) is 25.5 Å². The van der Waals surface area contributed by atoms with Gasteiger partial charge in [-0.1, -0.05) is 25.0 Å². The molecule has 0 aromatic heterocycles. The van der Waals surface area contributed by atoms with E-state index in [1.165, 1.54) is 5.56 Å². The highest BCUT2D eigenvalue weighted by Crippen LogP contribution is 2.36. The molecule has 0 spiro atoms. The zero-order valence-corrected chi connectivity index (χ0v) is 9.36. The van der Waals surface area contributed by atoms with Crippen LogP contribution in [0.25, 0.3) is 0 Å². The van der Waals surface area contributed by atoms with Crippen LogP contribution in [0.2, 0.25) is 0 Å². The summed E-state index contributed by atoms with van der Waals surface area (Å²) in [6, 6.07) is 6.01. The fourth-order valence-corrected chi connectivity index (χ4v) is 2.14. The zero-order chi connectivity index (χ0) is 10.8. The number of hydrogen-bond donors (Lipinski definition) is 1. The second kappa shape index (κ2) is 4.23. The maximum absolute atomic E-state index is 10.0. The molecule has 1 heterocycles. The standard InChI is InChI=1S/C13H18O2/c1-3-4-10-8-12(14)11-7-9(2)5-6-13(11)15-10/h5-7,10,12,14H,3-4,8H2,1-2H3/t10?,12-/m0/s1. The first-order valence-electron chi connectivity index (χ1n) is 5.66. The molecule has 0 fully saturated rings. The summed E-state index contributed by atoms with van der Waals surface area (Å²) in [5.41, 5.74) is 2.12. The molecule has 2 atom stereocenters. The SMILES string of the molecule is CCCC1C[C@H](O)c2cc(C)ccc2O1. The van der Waals surface area contributed by atoms with Gasteiger partial charge in [-0.3, -0.25) is 0 Å². The van der Waals surface area contributed by atoms with Crippen molar-refractivity contribution in [3.63, 3.8) is 0 Å². The van der Waals surface area contributed by atoms with Crippen LogP contribution >= 0.6 is 0 Å². The van der Waals surface area contributed by atoms with Crippen LogP contribution in [-0.2, 0) is 0 Å². The number of fused-ring (bicyclic) bond motifs is 1. The molecule has 0 bridgehead atoms. The molecule has 0 aliphatic carbocycles. The van der Waals surface area contributed by atoms with Crippen molar-refractivity contribution >= 4 is 0 Å². The van der Waals surface area contributed by atoms with Crippen LogP contribution in [0.1, 0.15) is 43.4 Å². The summed E-state index contributed by atoms with van der Waals surface area (Å²) in [5, 5.41) is 10.0. The molecular formula is C13H18O2. The van der Waals surface area contributed by atoms with Crippen LogP contribution in [0, 0.1) is 6.92 Å². The lowest BCUT2D eigenvalue weighted by Gasteiger charge is -2.29. The highest BCUT2D eigenvalue weighted by atomic mass is 16.5. The second-order valence-electron chi connectivity index (χ2n) is 4.32. The van der Waals surface area contributed by atoms with E-state index in [1.807, 2.05) is 25.1 Å². The molecule has 1 aromatic carbocycles. The molecule has 2 nitrogen and oxygen atoms in total. The van der Waals surface area contributed by atoms with Crippen LogP contribution in [0.5, 0.6) is 5.75 Å². The van der Waals surface area contributed by atoms with Gasteiger partial charge < -0.3 is 9.84 Å². The Morgan fingerprint density at radius 1 is 1.47 bits per heavy atom. The third kappa shape index (κ3) is 2.15. The minimum Gasteiger partial charge on any atom is -0.490 e. The van der Waals surface area contributed by atoms with Gasteiger partial charge in [-0.2, -0.15) is 0 Å². The molecule has 2 heteroatoms. The van der Waals surface area contributed by atoms with Crippen LogP contribution in [0.3, 0.4) is 0 Å². The normalized spacial score (nSPS) is 24.5. The van der Waals surface area contributed by atoms with Crippen LogP contribution in [0.15, 0.2) is 18.2 Å². The summed E-state index contributed by atoms with van der Waals surface area (Å²) >= 11 is 0. The van der Waals surface area contributed by atoms with Gasteiger partial charge in [0.2, 0.25) is 0 Å². The molecule has 0 amide bonds. The molecule has 82 valence electrons. The van der Waals surface area contributed by atoms with Gasteiger partial charge >= 0.3 is 0 Å². The van der Waals surface area contributed by atoms with Crippen molar-refractivity contribution in [1.82, 2.24) is 0 Å². The Bertz CT molecular complexity index is 346. The van der Waals surface area contributed by atoms with Gasteiger partial charge in [0, 0.05) is 12.0 Å². The largest absolute Gasteiger partial charge is 0.490 e. The predicted octanol–water partition coefficient (Wildman–Crippen LogP) is 2.98. The minimum atomic E-state index is -0.356. The molecule has 1 aromatic rings. The summed E-state index contributed by atoms with van der Waals surface area (Å²) in [6.45, 7) is 4.17. The van der Waals surface area contributed by atoms with Gasteiger partial charge in [-0.25, -0.2) is 0 Å². The maximum Gasteiger partial charge on any atom is 0.125 e. The van der Waals surface area contributed by atoms with E-state index in [-0.39, 0.29) is 12.2 Å². The Morgan fingerprint density at radius 2 is 2.27 bits per heavy atom. The number of aliphatic hydroxyl groups excluding tert-OH is 1. The third-order valence-corrected chi connectivity index (χ3v) is 2.91. The molecule has 15 heavy (non-hydrogen) atoms. The van der Waals surface area contributed by atoms with Gasteiger partial charge in [0.25, 0.3) is 0 Å². The summed E-state index contributed by atoms with van der Waals surface area (Å²) in [5.74, 6) is 0.859. The van der Waals surface area contributed by atoms with Gasteiger partial charge in [0.05, 0.1) is 6.10 Å². The van der Waals surface area contributed by atoms with Crippen LogP contribution in [0.4, 0.5) is 0 Å². The van der Waals surface area contributed by atoms with Crippen molar-refractivity contribution in [3.8, 4) is 5.75 Å². The zero-order valence-electron chi connectivity index (χ0n) is 9.36.